The second-order valence-corrected chi connectivity index (χ2v) is 7.38. The highest BCUT2D eigenvalue weighted by Crippen LogP contribution is 2.26. The first-order valence-corrected chi connectivity index (χ1v) is 9.82. The smallest absolute Gasteiger partial charge is 0.273 e. The highest BCUT2D eigenvalue weighted by atomic mass is 32.1. The number of nitrogens with zero attached hydrogens (tertiary/aromatic N) is 3. The Morgan fingerprint density at radius 2 is 2.03 bits per heavy atom. The molecule has 0 unspecified atom stereocenters. The van der Waals surface area contributed by atoms with Crippen molar-refractivity contribution in [2.45, 2.75) is 26.3 Å². The molecule has 2 aromatic heterocycles. The minimum absolute atomic E-state index is 0.176. The molecule has 3 aromatic rings. The van der Waals surface area contributed by atoms with Gasteiger partial charge in [0.05, 0.1) is 6.54 Å². The molecule has 1 aliphatic heterocycles. The maximum absolute atomic E-state index is 13.1. The second kappa shape index (κ2) is 7.96. The molecule has 148 valence electrons. The number of furan rings is 1. The molecule has 29 heavy (non-hydrogen) atoms. The molecule has 0 spiro atoms. The molecular weight excluding hydrogens is 395 g/mol. The van der Waals surface area contributed by atoms with E-state index in [9.17, 15) is 14.0 Å². The molecule has 9 heteroatoms. The average molecular weight is 412 g/mol. The van der Waals surface area contributed by atoms with E-state index in [-0.39, 0.29) is 36.8 Å². The third-order valence-electron chi connectivity index (χ3n) is 4.33. The van der Waals surface area contributed by atoms with E-state index in [2.05, 4.69) is 15.4 Å². The van der Waals surface area contributed by atoms with E-state index in [4.69, 9.17) is 4.42 Å². The molecule has 1 aromatic carbocycles. The van der Waals surface area contributed by atoms with Crippen molar-refractivity contribution < 1.29 is 18.4 Å². The summed E-state index contributed by atoms with van der Waals surface area (Å²) in [5.41, 5.74) is 1.61. The van der Waals surface area contributed by atoms with Crippen molar-refractivity contribution in [2.24, 2.45) is 5.10 Å². The van der Waals surface area contributed by atoms with Crippen LogP contribution in [0.5, 0.6) is 0 Å². The van der Waals surface area contributed by atoms with Crippen LogP contribution in [0.2, 0.25) is 0 Å². The predicted octanol–water partition coefficient (Wildman–Crippen LogP) is 3.97. The van der Waals surface area contributed by atoms with Crippen LogP contribution in [0.15, 0.2) is 51.3 Å². The van der Waals surface area contributed by atoms with Crippen LogP contribution in [-0.4, -0.2) is 27.5 Å². The third kappa shape index (κ3) is 4.40. The number of thiazole rings is 1. The van der Waals surface area contributed by atoms with Crippen LogP contribution in [-0.2, 0) is 16.1 Å². The summed E-state index contributed by atoms with van der Waals surface area (Å²) >= 11 is 1.28. The summed E-state index contributed by atoms with van der Waals surface area (Å²) in [6.45, 7) is 2.02. The van der Waals surface area contributed by atoms with Gasteiger partial charge in [-0.2, -0.15) is 5.10 Å². The fourth-order valence-electron chi connectivity index (χ4n) is 2.84. The number of hydrazone groups is 1. The molecule has 0 aliphatic carbocycles. The van der Waals surface area contributed by atoms with Crippen LogP contribution in [0.25, 0.3) is 11.5 Å². The van der Waals surface area contributed by atoms with Gasteiger partial charge in [-0.05, 0) is 36.8 Å². The number of anilines is 1. The van der Waals surface area contributed by atoms with Gasteiger partial charge in [0.15, 0.2) is 10.9 Å². The third-order valence-corrected chi connectivity index (χ3v) is 5.09. The zero-order chi connectivity index (χ0) is 20.4. The summed E-state index contributed by atoms with van der Waals surface area (Å²) in [5, 5.41) is 10.4. The van der Waals surface area contributed by atoms with E-state index in [1.54, 1.807) is 17.5 Å². The largest absolute Gasteiger partial charge is 0.460 e. The molecule has 0 radical (unpaired) electrons. The molecule has 2 amide bonds. The molecule has 3 heterocycles. The van der Waals surface area contributed by atoms with Crippen molar-refractivity contribution in [1.82, 2.24) is 9.99 Å². The summed E-state index contributed by atoms with van der Waals surface area (Å²) in [5.74, 6) is 0.468. The Morgan fingerprint density at radius 1 is 1.24 bits per heavy atom. The Labute approximate surface area is 169 Å². The number of halogens is 1. The first-order chi connectivity index (χ1) is 14.0. The number of nitrogens with one attached hydrogen (secondary N) is 1. The van der Waals surface area contributed by atoms with E-state index in [0.29, 0.717) is 16.6 Å². The fraction of sp³-hybridized carbons (Fsp3) is 0.200. The Morgan fingerprint density at radius 3 is 2.76 bits per heavy atom. The van der Waals surface area contributed by atoms with Crippen molar-refractivity contribution in [3.8, 4) is 11.5 Å². The van der Waals surface area contributed by atoms with Gasteiger partial charge in [-0.3, -0.25) is 14.9 Å². The summed E-state index contributed by atoms with van der Waals surface area (Å²) in [6.07, 6.45) is 0.433. The van der Waals surface area contributed by atoms with E-state index >= 15 is 0 Å². The van der Waals surface area contributed by atoms with Gasteiger partial charge in [0, 0.05) is 18.2 Å². The van der Waals surface area contributed by atoms with Gasteiger partial charge < -0.3 is 4.42 Å². The lowest BCUT2D eigenvalue weighted by molar-refractivity contribution is -0.132. The van der Waals surface area contributed by atoms with Gasteiger partial charge >= 0.3 is 0 Å². The molecular formula is C20H17FN4O3S. The van der Waals surface area contributed by atoms with Crippen molar-refractivity contribution in [2.75, 3.05) is 5.32 Å². The number of amides is 2. The normalized spacial score (nSPS) is 14.1. The number of carbonyl (C=O) groups excluding carboxylic acids is 2. The van der Waals surface area contributed by atoms with Crippen molar-refractivity contribution in [3.63, 3.8) is 0 Å². The molecule has 0 fully saturated rings. The highest BCUT2D eigenvalue weighted by molar-refractivity contribution is 7.14. The maximum Gasteiger partial charge on any atom is 0.273 e. The zero-order valence-corrected chi connectivity index (χ0v) is 16.3. The molecule has 1 N–H and O–H groups in total. The SMILES string of the molecule is Cc1ccc(-c2csc(NC(=O)C3=NN(Cc4ccc(F)cc4)C(=O)CC3)n2)o1. The van der Waals surface area contributed by atoms with Gasteiger partial charge in [0.1, 0.15) is 23.0 Å². The van der Waals surface area contributed by atoms with Gasteiger partial charge in [-0.1, -0.05) is 12.1 Å². The van der Waals surface area contributed by atoms with Crippen LogP contribution < -0.4 is 5.32 Å². The molecule has 0 saturated heterocycles. The number of carbonyl (C=O) groups is 2. The first kappa shape index (κ1) is 19.0. The van der Waals surface area contributed by atoms with E-state index in [1.807, 2.05) is 19.1 Å². The number of aromatic nitrogens is 1. The van der Waals surface area contributed by atoms with Crippen LogP contribution in [0.4, 0.5) is 9.52 Å². The number of aryl methyl sites for hydroxylation is 1. The molecule has 1 aliphatic rings. The van der Waals surface area contributed by atoms with E-state index in [0.717, 1.165) is 11.3 Å². The summed E-state index contributed by atoms with van der Waals surface area (Å²) in [4.78, 5) is 29.1. The Kier molecular flexibility index (Phi) is 5.22. The van der Waals surface area contributed by atoms with Crippen LogP contribution >= 0.6 is 11.3 Å². The van der Waals surface area contributed by atoms with Crippen LogP contribution in [0.1, 0.15) is 24.2 Å². The van der Waals surface area contributed by atoms with Crippen molar-refractivity contribution in [1.29, 1.82) is 0 Å². The molecule has 0 bridgehead atoms. The Balaban J connectivity index is 1.45. The fourth-order valence-corrected chi connectivity index (χ4v) is 3.53. The molecule has 0 saturated carbocycles. The van der Waals surface area contributed by atoms with Gasteiger partial charge in [0.2, 0.25) is 5.91 Å². The lowest BCUT2D eigenvalue weighted by atomic mass is 10.1. The molecule has 0 atom stereocenters. The maximum atomic E-state index is 13.1. The summed E-state index contributed by atoms with van der Waals surface area (Å²) < 4.78 is 18.6. The average Bonchev–Trinajstić information content (AvgIpc) is 3.34. The number of rotatable bonds is 5. The van der Waals surface area contributed by atoms with Gasteiger partial charge in [-0.25, -0.2) is 14.4 Å². The van der Waals surface area contributed by atoms with Crippen molar-refractivity contribution >= 4 is 34.0 Å². The molecule has 7 nitrogen and oxygen atoms in total. The van der Waals surface area contributed by atoms with Crippen LogP contribution in [0.3, 0.4) is 0 Å². The van der Waals surface area contributed by atoms with Crippen LogP contribution in [0, 0.1) is 12.7 Å². The van der Waals surface area contributed by atoms with Crippen molar-refractivity contribution in [3.05, 3.63) is 58.9 Å². The Hall–Kier alpha value is -3.33. The zero-order valence-electron chi connectivity index (χ0n) is 15.5. The quantitative estimate of drug-likeness (QED) is 0.687. The monoisotopic (exact) mass is 412 g/mol. The van der Waals surface area contributed by atoms with Gasteiger partial charge in [0.25, 0.3) is 5.91 Å². The topological polar surface area (TPSA) is 87.8 Å². The Bertz CT molecular complexity index is 1090. The highest BCUT2D eigenvalue weighted by Gasteiger charge is 2.25. The van der Waals surface area contributed by atoms with Gasteiger partial charge in [-0.15, -0.1) is 11.3 Å². The summed E-state index contributed by atoms with van der Waals surface area (Å²) in [7, 11) is 0. The minimum Gasteiger partial charge on any atom is -0.460 e. The van der Waals surface area contributed by atoms with E-state index < -0.39 is 5.91 Å². The summed E-state index contributed by atoms with van der Waals surface area (Å²) in [6, 6.07) is 9.47. The molecule has 4 rings (SSSR count). The number of hydrogen-bond donors (Lipinski definition) is 1. The minimum atomic E-state index is -0.405. The second-order valence-electron chi connectivity index (χ2n) is 6.53. The standard InChI is InChI=1S/C20H17FN4O3S/c1-12-2-8-17(28-12)16-11-29-20(22-16)23-19(27)15-7-9-18(26)25(24-15)10-13-3-5-14(21)6-4-13/h2-6,8,11H,7,9-10H2,1H3,(H,22,23,27). The van der Waals surface area contributed by atoms with E-state index in [1.165, 1.54) is 28.5 Å². The first-order valence-electron chi connectivity index (χ1n) is 8.94. The lowest BCUT2D eigenvalue weighted by Gasteiger charge is -2.23. The predicted molar refractivity (Wildman–Crippen MR) is 107 cm³/mol. The number of benzene rings is 1. The lowest BCUT2D eigenvalue weighted by Crippen LogP contribution is -2.36. The number of hydrogen-bond acceptors (Lipinski definition) is 6.